The van der Waals surface area contributed by atoms with E-state index in [0.717, 1.165) is 0 Å². The molecular weight excluding hydrogens is 425 g/mol. The summed E-state index contributed by atoms with van der Waals surface area (Å²) in [5.74, 6) is -0.776. The first-order chi connectivity index (χ1) is 13.3. The lowest BCUT2D eigenvalue weighted by atomic mass is 10.1. The highest BCUT2D eigenvalue weighted by Gasteiger charge is 2.11. The first-order valence-corrected chi connectivity index (χ1v) is 8.64. The molecular formula is C17H11Cl2N5O3S. The molecule has 0 saturated carbocycles. The van der Waals surface area contributed by atoms with Crippen molar-refractivity contribution < 1.29 is 9.72 Å². The number of nitrogens with zero attached hydrogens (tertiary/aromatic N) is 2. The summed E-state index contributed by atoms with van der Waals surface area (Å²) >= 11 is 16.8. The fraction of sp³-hybridized carbons (Fsp3) is 0. The molecule has 0 aromatic heterocycles. The second-order valence-corrected chi connectivity index (χ2v) is 6.49. The van der Waals surface area contributed by atoms with Crippen molar-refractivity contribution in [2.24, 2.45) is 0 Å². The molecule has 2 rings (SSSR count). The number of rotatable bonds is 4. The molecule has 11 heteroatoms. The lowest BCUT2D eigenvalue weighted by molar-refractivity contribution is -0.384. The van der Waals surface area contributed by atoms with Gasteiger partial charge in [0, 0.05) is 27.9 Å². The normalized spacial score (nSPS) is 10.5. The van der Waals surface area contributed by atoms with Crippen molar-refractivity contribution in [1.29, 1.82) is 5.26 Å². The lowest BCUT2D eigenvalue weighted by Crippen LogP contribution is -2.44. The van der Waals surface area contributed by atoms with E-state index in [1.165, 1.54) is 30.3 Å². The van der Waals surface area contributed by atoms with Gasteiger partial charge in [-0.05, 0) is 42.1 Å². The average Bonchev–Trinajstić information content (AvgIpc) is 2.63. The highest BCUT2D eigenvalue weighted by Crippen LogP contribution is 2.22. The molecule has 0 heterocycles. The van der Waals surface area contributed by atoms with Crippen LogP contribution in [0.5, 0.6) is 0 Å². The predicted molar refractivity (Wildman–Crippen MR) is 111 cm³/mol. The molecule has 0 spiro atoms. The number of carbonyl (C=O) groups excluding carboxylic acids is 1. The molecule has 0 aliphatic heterocycles. The molecule has 0 fully saturated rings. The van der Waals surface area contributed by atoms with Gasteiger partial charge in [-0.15, -0.1) is 0 Å². The van der Waals surface area contributed by atoms with E-state index >= 15 is 0 Å². The first-order valence-electron chi connectivity index (χ1n) is 7.48. The summed E-state index contributed by atoms with van der Waals surface area (Å²) in [6.45, 7) is 0. The Bertz CT molecular complexity index is 1000. The van der Waals surface area contributed by atoms with Gasteiger partial charge in [0.05, 0.1) is 4.92 Å². The molecule has 0 atom stereocenters. The van der Waals surface area contributed by atoms with E-state index in [9.17, 15) is 20.2 Å². The van der Waals surface area contributed by atoms with E-state index in [0.29, 0.717) is 21.3 Å². The predicted octanol–water partition coefficient (Wildman–Crippen LogP) is 3.83. The van der Waals surface area contributed by atoms with Crippen molar-refractivity contribution in [3.8, 4) is 6.07 Å². The van der Waals surface area contributed by atoms with Crippen molar-refractivity contribution in [1.82, 2.24) is 10.9 Å². The molecule has 1 amide bonds. The van der Waals surface area contributed by atoms with Gasteiger partial charge in [0.2, 0.25) is 0 Å². The summed E-state index contributed by atoms with van der Waals surface area (Å²) in [6.07, 6.45) is 1.22. The van der Waals surface area contributed by atoms with Gasteiger partial charge in [-0.2, -0.15) is 5.26 Å². The van der Waals surface area contributed by atoms with Crippen molar-refractivity contribution >= 4 is 63.9 Å². The molecule has 142 valence electrons. The number of nitrogens with one attached hydrogen (secondary N) is 3. The van der Waals surface area contributed by atoms with Crippen molar-refractivity contribution in [3.63, 3.8) is 0 Å². The Morgan fingerprint density at radius 3 is 2.46 bits per heavy atom. The van der Waals surface area contributed by atoms with Crippen LogP contribution < -0.4 is 16.2 Å². The van der Waals surface area contributed by atoms with Crippen LogP contribution in [0.1, 0.15) is 5.56 Å². The number of thiocarbonyl (C=S) groups is 1. The fourth-order valence-corrected chi connectivity index (χ4v) is 2.71. The minimum atomic E-state index is -0.776. The van der Waals surface area contributed by atoms with Crippen LogP contribution in [0.15, 0.2) is 48.0 Å². The maximum Gasteiger partial charge on any atom is 0.280 e. The number of benzene rings is 2. The minimum Gasteiger partial charge on any atom is -0.331 e. The fourth-order valence-electron chi connectivity index (χ4n) is 2.01. The van der Waals surface area contributed by atoms with Crippen LogP contribution in [0.25, 0.3) is 6.08 Å². The van der Waals surface area contributed by atoms with Gasteiger partial charge in [-0.25, -0.2) is 0 Å². The Morgan fingerprint density at radius 2 is 1.86 bits per heavy atom. The van der Waals surface area contributed by atoms with Crippen molar-refractivity contribution in [2.45, 2.75) is 0 Å². The number of hydrogen-bond donors (Lipinski definition) is 3. The van der Waals surface area contributed by atoms with Gasteiger partial charge >= 0.3 is 0 Å². The Morgan fingerprint density at radius 1 is 1.18 bits per heavy atom. The summed E-state index contributed by atoms with van der Waals surface area (Å²) in [6, 6.07) is 11.9. The Hall–Kier alpha value is -3.19. The SMILES string of the molecule is N#C/C(=C\c1cccc([N+](=O)[O-])c1)C(=O)NNC(=S)Nc1cc(Cl)cc(Cl)c1. The van der Waals surface area contributed by atoms with Gasteiger partial charge in [0.25, 0.3) is 11.6 Å². The number of hydrogen-bond acceptors (Lipinski definition) is 5. The van der Waals surface area contributed by atoms with Gasteiger partial charge < -0.3 is 5.32 Å². The Labute approximate surface area is 174 Å². The quantitative estimate of drug-likeness (QED) is 0.219. The summed E-state index contributed by atoms with van der Waals surface area (Å²) in [5.41, 5.74) is 5.08. The van der Waals surface area contributed by atoms with E-state index in [-0.39, 0.29) is 16.4 Å². The van der Waals surface area contributed by atoms with Crippen LogP contribution in [-0.4, -0.2) is 15.9 Å². The van der Waals surface area contributed by atoms with Crippen LogP contribution in [0.3, 0.4) is 0 Å². The second-order valence-electron chi connectivity index (χ2n) is 5.21. The zero-order valence-electron chi connectivity index (χ0n) is 13.9. The molecule has 2 aromatic carbocycles. The molecule has 0 radical (unpaired) electrons. The number of anilines is 1. The summed E-state index contributed by atoms with van der Waals surface area (Å²) in [5, 5.41) is 23.6. The number of carbonyl (C=O) groups is 1. The molecule has 0 bridgehead atoms. The molecule has 3 N–H and O–H groups in total. The minimum absolute atomic E-state index is 0.0272. The number of nitro benzene ring substituents is 1. The van der Waals surface area contributed by atoms with Crippen LogP contribution in [0.2, 0.25) is 10.0 Å². The maximum atomic E-state index is 12.1. The van der Waals surface area contributed by atoms with Crippen molar-refractivity contribution in [2.75, 3.05) is 5.32 Å². The van der Waals surface area contributed by atoms with Crippen molar-refractivity contribution in [3.05, 3.63) is 73.8 Å². The van der Waals surface area contributed by atoms with E-state index < -0.39 is 10.8 Å². The number of nitro groups is 1. The van der Waals surface area contributed by atoms with E-state index in [4.69, 9.17) is 35.4 Å². The third-order valence-electron chi connectivity index (χ3n) is 3.17. The second kappa shape index (κ2) is 9.66. The smallest absolute Gasteiger partial charge is 0.280 e. The average molecular weight is 436 g/mol. The first kappa shape index (κ1) is 21.1. The number of amides is 1. The van der Waals surface area contributed by atoms with Crippen LogP contribution in [-0.2, 0) is 4.79 Å². The number of non-ortho nitro benzene ring substituents is 1. The lowest BCUT2D eigenvalue weighted by Gasteiger charge is -2.11. The molecule has 2 aromatic rings. The van der Waals surface area contributed by atoms with E-state index in [1.807, 2.05) is 0 Å². The topological polar surface area (TPSA) is 120 Å². The molecule has 0 aliphatic rings. The van der Waals surface area contributed by atoms with Gasteiger partial charge in [-0.3, -0.25) is 25.8 Å². The number of hydrazine groups is 1. The summed E-state index contributed by atoms with van der Waals surface area (Å²) in [7, 11) is 0. The largest absolute Gasteiger partial charge is 0.331 e. The summed E-state index contributed by atoms with van der Waals surface area (Å²) in [4.78, 5) is 22.4. The molecule has 8 nitrogen and oxygen atoms in total. The van der Waals surface area contributed by atoms with E-state index in [1.54, 1.807) is 24.3 Å². The third kappa shape index (κ3) is 6.21. The zero-order valence-corrected chi connectivity index (χ0v) is 16.2. The van der Waals surface area contributed by atoms with Crippen LogP contribution in [0, 0.1) is 21.4 Å². The summed E-state index contributed by atoms with van der Waals surface area (Å²) < 4.78 is 0. The monoisotopic (exact) mass is 435 g/mol. The number of nitriles is 1. The molecule has 0 aliphatic carbocycles. The number of halogens is 2. The molecule has 0 saturated heterocycles. The van der Waals surface area contributed by atoms with Crippen LogP contribution in [0.4, 0.5) is 11.4 Å². The Kier molecular flexibility index (Phi) is 7.28. The van der Waals surface area contributed by atoms with Crippen LogP contribution >= 0.6 is 35.4 Å². The van der Waals surface area contributed by atoms with Gasteiger partial charge in [-0.1, -0.05) is 35.3 Å². The standard InChI is InChI=1S/C17H11Cl2N5O3S/c18-12-6-13(19)8-14(7-12)21-17(28)23-22-16(25)11(9-20)4-10-2-1-3-15(5-10)24(26)27/h1-8H,(H,22,25)(H2,21,23,28)/b11-4+. The Balaban J connectivity index is 2.02. The molecule has 28 heavy (non-hydrogen) atoms. The zero-order chi connectivity index (χ0) is 20.7. The van der Waals surface area contributed by atoms with Gasteiger partial charge in [0.15, 0.2) is 5.11 Å². The molecule has 0 unspecified atom stereocenters. The van der Waals surface area contributed by atoms with E-state index in [2.05, 4.69) is 16.2 Å². The highest BCUT2D eigenvalue weighted by atomic mass is 35.5. The maximum absolute atomic E-state index is 12.1. The van der Waals surface area contributed by atoms with Gasteiger partial charge in [0.1, 0.15) is 11.6 Å². The third-order valence-corrected chi connectivity index (χ3v) is 3.81. The highest BCUT2D eigenvalue weighted by molar-refractivity contribution is 7.80.